The fraction of sp³-hybridized carbons (Fsp3) is 0.217. The topological polar surface area (TPSA) is 40.0 Å². The molecule has 50 heavy (non-hydrogen) atoms. The van der Waals surface area contributed by atoms with Crippen LogP contribution in [0.3, 0.4) is 0 Å². The van der Waals surface area contributed by atoms with E-state index in [0.29, 0.717) is 5.92 Å². The number of allylic oxidation sites excluding steroid dienone is 5. The summed E-state index contributed by atoms with van der Waals surface area (Å²) in [6, 6.07) is 36.2. The molecule has 4 heteroatoms. The van der Waals surface area contributed by atoms with Gasteiger partial charge in [-0.2, -0.15) is 0 Å². The van der Waals surface area contributed by atoms with Gasteiger partial charge in [0.05, 0.1) is 17.4 Å². The molecule has 0 amide bonds. The first-order valence-electron chi connectivity index (χ1n) is 18.1. The lowest BCUT2D eigenvalue weighted by Gasteiger charge is -2.39. The summed E-state index contributed by atoms with van der Waals surface area (Å²) in [7, 11) is 2.25. The summed E-state index contributed by atoms with van der Waals surface area (Å²) < 4.78 is 0. The minimum Gasteiger partial charge on any atom is -0.380 e. The van der Waals surface area contributed by atoms with Crippen LogP contribution in [0.2, 0.25) is 0 Å². The Morgan fingerprint density at radius 1 is 0.880 bits per heavy atom. The zero-order valence-corrected chi connectivity index (χ0v) is 28.9. The average molecular weight is 651 g/mol. The average Bonchev–Trinajstić information content (AvgIpc) is 3.18. The van der Waals surface area contributed by atoms with Crippen molar-refractivity contribution in [1.82, 2.24) is 5.32 Å². The molecular weight excluding hydrogens is 609 g/mol. The molecule has 5 aromatic rings. The molecule has 9 rings (SSSR count). The van der Waals surface area contributed by atoms with Crippen LogP contribution < -0.4 is 10.2 Å². The predicted octanol–water partition coefficient (Wildman–Crippen LogP) is 10.3. The van der Waals surface area contributed by atoms with Gasteiger partial charge in [-0.25, -0.2) is 0 Å². The molecule has 246 valence electrons. The van der Waals surface area contributed by atoms with Crippen molar-refractivity contribution in [1.29, 1.82) is 0 Å². The minimum absolute atomic E-state index is 0.0958. The second-order valence-electron chi connectivity index (χ2n) is 13.9. The summed E-state index contributed by atoms with van der Waals surface area (Å²) in [5.74, 6) is 0.290. The van der Waals surface area contributed by atoms with Gasteiger partial charge in [-0.15, -0.1) is 0 Å². The molecule has 0 bridgehead atoms. The highest BCUT2D eigenvalue weighted by atomic mass is 15.1. The van der Waals surface area contributed by atoms with Gasteiger partial charge in [0.1, 0.15) is 0 Å². The number of fused-ring (bicyclic) bond motifs is 9. The van der Waals surface area contributed by atoms with Crippen molar-refractivity contribution in [2.45, 2.75) is 38.6 Å². The maximum Gasteiger partial charge on any atom is 0.0858 e. The molecule has 0 saturated heterocycles. The third-order valence-electron chi connectivity index (χ3n) is 11.1. The molecular formula is C46H42N4. The molecule has 3 heterocycles. The van der Waals surface area contributed by atoms with Crippen LogP contribution in [0.5, 0.6) is 0 Å². The summed E-state index contributed by atoms with van der Waals surface area (Å²) in [5, 5.41) is 8.87. The Balaban J connectivity index is 1.03. The van der Waals surface area contributed by atoms with Crippen LogP contribution >= 0.6 is 0 Å². The van der Waals surface area contributed by atoms with Gasteiger partial charge in [0, 0.05) is 49.2 Å². The first-order chi connectivity index (χ1) is 24.7. The molecule has 4 nitrogen and oxygen atoms in total. The Labute approximate surface area is 295 Å². The van der Waals surface area contributed by atoms with Crippen LogP contribution in [0.4, 0.5) is 5.69 Å². The van der Waals surface area contributed by atoms with Crippen LogP contribution in [-0.4, -0.2) is 32.1 Å². The molecule has 1 N–H and O–H groups in total. The third-order valence-corrected chi connectivity index (χ3v) is 11.1. The molecule has 5 aromatic carbocycles. The zero-order valence-electron chi connectivity index (χ0n) is 28.9. The number of dihydropyridines is 1. The Hall–Kier alpha value is -5.48. The van der Waals surface area contributed by atoms with E-state index in [1.807, 2.05) is 0 Å². The van der Waals surface area contributed by atoms with Crippen molar-refractivity contribution in [2.75, 3.05) is 25.0 Å². The number of anilines is 1. The van der Waals surface area contributed by atoms with Gasteiger partial charge >= 0.3 is 0 Å². The largest absolute Gasteiger partial charge is 0.380 e. The van der Waals surface area contributed by atoms with Crippen molar-refractivity contribution in [3.8, 4) is 11.1 Å². The number of para-hydroxylation sites is 1. The van der Waals surface area contributed by atoms with Crippen LogP contribution in [0, 0.1) is 5.92 Å². The maximum absolute atomic E-state index is 5.25. The van der Waals surface area contributed by atoms with Crippen LogP contribution in [0.25, 0.3) is 32.7 Å². The highest BCUT2D eigenvalue weighted by Crippen LogP contribution is 2.52. The Bertz CT molecular complexity index is 2330. The molecule has 0 saturated carbocycles. The van der Waals surface area contributed by atoms with E-state index >= 15 is 0 Å². The molecule has 3 aliphatic heterocycles. The molecule has 0 aromatic heterocycles. The van der Waals surface area contributed by atoms with Gasteiger partial charge in [-0.1, -0.05) is 109 Å². The lowest BCUT2D eigenvalue weighted by atomic mass is 9.79. The van der Waals surface area contributed by atoms with E-state index in [4.69, 9.17) is 9.98 Å². The van der Waals surface area contributed by atoms with Gasteiger partial charge in [0.15, 0.2) is 0 Å². The van der Waals surface area contributed by atoms with Crippen LogP contribution in [-0.2, 0) is 6.42 Å². The molecule has 0 spiro atoms. The van der Waals surface area contributed by atoms with Crippen LogP contribution in [0.1, 0.15) is 48.9 Å². The Morgan fingerprint density at radius 3 is 2.44 bits per heavy atom. The summed E-state index contributed by atoms with van der Waals surface area (Å²) >= 11 is 0. The van der Waals surface area contributed by atoms with Crippen molar-refractivity contribution in [3.05, 3.63) is 161 Å². The number of nitrogens with one attached hydrogen (secondary N) is 1. The molecule has 2 atom stereocenters. The van der Waals surface area contributed by atoms with Gasteiger partial charge in [0.25, 0.3) is 0 Å². The fourth-order valence-corrected chi connectivity index (χ4v) is 8.82. The van der Waals surface area contributed by atoms with E-state index in [9.17, 15) is 0 Å². The monoisotopic (exact) mass is 650 g/mol. The lowest BCUT2D eigenvalue weighted by Crippen LogP contribution is -2.29. The van der Waals surface area contributed by atoms with Crippen molar-refractivity contribution in [3.63, 3.8) is 0 Å². The number of rotatable bonds is 6. The first-order valence-corrected chi connectivity index (χ1v) is 18.1. The van der Waals surface area contributed by atoms with Gasteiger partial charge in [-0.05, 0) is 99.7 Å². The van der Waals surface area contributed by atoms with E-state index in [1.165, 1.54) is 77.6 Å². The van der Waals surface area contributed by atoms with E-state index < -0.39 is 0 Å². The van der Waals surface area contributed by atoms with E-state index in [2.05, 4.69) is 152 Å². The summed E-state index contributed by atoms with van der Waals surface area (Å²) in [6.07, 6.45) is 14.9. The Morgan fingerprint density at radius 2 is 1.62 bits per heavy atom. The Kier molecular flexibility index (Phi) is 7.80. The second kappa shape index (κ2) is 12.8. The third kappa shape index (κ3) is 5.05. The molecule has 2 unspecified atom stereocenters. The number of hydrogen-bond acceptors (Lipinski definition) is 4. The summed E-state index contributed by atoms with van der Waals surface area (Å²) in [5.41, 5.74) is 14.3. The SMILES string of the molecule is C/C=C\C(=N/CCc1ccc(C2c3c(c4ccccc4c4ccccc34)-c3ccccc3N2C)cc1)C1CC=NC2=C1CCC1=C2NCC=C1. The summed E-state index contributed by atoms with van der Waals surface area (Å²) in [6.45, 7) is 3.73. The number of hydrogen-bond donors (Lipinski definition) is 1. The molecule has 1 aliphatic carbocycles. The van der Waals surface area contributed by atoms with E-state index in [0.717, 1.165) is 44.5 Å². The standard InChI is InChI=1S/C46H42N4/c1-3-11-40(35-26-29-49-45-38(35)24-23-31-12-10-27-48-44(31)45)47-28-25-30-19-21-32(22-20-30)46-43-37-16-7-5-14-34(37)33-13-4-6-15-36(33)42(43)39-17-8-9-18-41(39)50(46)2/h3-22,29,35,46,48H,23-28H2,1-2H3/b11-3-,47-40+. The normalized spacial score (nSPS) is 19.9. The number of aliphatic imine (C=N–C) groups is 2. The summed E-state index contributed by atoms with van der Waals surface area (Å²) in [4.78, 5) is 12.6. The first kappa shape index (κ1) is 30.6. The van der Waals surface area contributed by atoms with Crippen molar-refractivity contribution >= 4 is 39.2 Å². The van der Waals surface area contributed by atoms with Gasteiger partial charge < -0.3 is 10.2 Å². The van der Waals surface area contributed by atoms with Gasteiger partial charge in [-0.3, -0.25) is 9.98 Å². The molecule has 0 radical (unpaired) electrons. The fourth-order valence-electron chi connectivity index (χ4n) is 8.82. The number of nitrogens with zero attached hydrogens (tertiary/aromatic N) is 3. The van der Waals surface area contributed by atoms with Gasteiger partial charge in [0.2, 0.25) is 0 Å². The lowest BCUT2D eigenvalue weighted by molar-refractivity contribution is 0.696. The second-order valence-corrected chi connectivity index (χ2v) is 13.9. The van der Waals surface area contributed by atoms with E-state index in [1.54, 1.807) is 0 Å². The van der Waals surface area contributed by atoms with Crippen LogP contribution in [0.15, 0.2) is 154 Å². The highest BCUT2D eigenvalue weighted by molar-refractivity contribution is 6.18. The van der Waals surface area contributed by atoms with E-state index in [-0.39, 0.29) is 6.04 Å². The maximum atomic E-state index is 5.25. The highest BCUT2D eigenvalue weighted by Gasteiger charge is 2.34. The molecule has 4 aliphatic rings. The zero-order chi connectivity index (χ0) is 33.6. The number of benzene rings is 5. The smallest absolute Gasteiger partial charge is 0.0858 e. The molecule has 0 fully saturated rings. The minimum atomic E-state index is 0.0958. The van der Waals surface area contributed by atoms with Crippen molar-refractivity contribution in [2.24, 2.45) is 15.9 Å². The predicted molar refractivity (Wildman–Crippen MR) is 211 cm³/mol. The quantitative estimate of drug-likeness (QED) is 0.147. The van der Waals surface area contributed by atoms with Crippen molar-refractivity contribution < 1.29 is 0 Å².